The Morgan fingerprint density at radius 1 is 0.968 bits per heavy atom. The number of carbonyl (C=O) groups is 1. The number of aromatic nitrogens is 2. The van der Waals surface area contributed by atoms with Gasteiger partial charge in [0.05, 0.1) is 11.2 Å². The summed E-state index contributed by atoms with van der Waals surface area (Å²) in [4.78, 5) is 21.2. The van der Waals surface area contributed by atoms with Gasteiger partial charge in [-0.1, -0.05) is 61.7 Å². The maximum atomic E-state index is 12.9. The van der Waals surface area contributed by atoms with Crippen LogP contribution in [0.15, 0.2) is 66.9 Å². The minimum absolute atomic E-state index is 0.124. The van der Waals surface area contributed by atoms with Crippen molar-refractivity contribution in [3.63, 3.8) is 0 Å². The van der Waals surface area contributed by atoms with Gasteiger partial charge in [-0.05, 0) is 48.6 Å². The summed E-state index contributed by atoms with van der Waals surface area (Å²) in [5, 5.41) is 15.3. The second kappa shape index (κ2) is 9.40. The first-order chi connectivity index (χ1) is 15.2. The third-order valence-corrected chi connectivity index (χ3v) is 5.77. The number of anilines is 1. The van der Waals surface area contributed by atoms with Crippen molar-refractivity contribution in [3.05, 3.63) is 89.5 Å². The highest BCUT2D eigenvalue weighted by Gasteiger charge is 2.37. The van der Waals surface area contributed by atoms with Crippen molar-refractivity contribution >= 4 is 11.7 Å². The summed E-state index contributed by atoms with van der Waals surface area (Å²) in [7, 11) is 0. The van der Waals surface area contributed by atoms with E-state index in [0.717, 1.165) is 44.2 Å². The van der Waals surface area contributed by atoms with Gasteiger partial charge < -0.3 is 10.6 Å². The van der Waals surface area contributed by atoms with Gasteiger partial charge in [-0.3, -0.25) is 0 Å². The Labute approximate surface area is 182 Å². The smallest absolute Gasteiger partial charge is 0.319 e. The van der Waals surface area contributed by atoms with Crippen molar-refractivity contribution in [1.82, 2.24) is 15.3 Å². The number of urea groups is 1. The first-order valence-electron chi connectivity index (χ1n) is 10.6. The van der Waals surface area contributed by atoms with E-state index in [-0.39, 0.29) is 11.9 Å². The summed E-state index contributed by atoms with van der Waals surface area (Å²) in [5.41, 5.74) is 3.30. The molecule has 2 amide bonds. The zero-order chi connectivity index (χ0) is 21.5. The Bertz CT molecular complexity index is 1070. The molecule has 6 heteroatoms. The van der Waals surface area contributed by atoms with E-state index in [1.54, 1.807) is 12.3 Å². The molecule has 1 aromatic heterocycles. The Morgan fingerprint density at radius 3 is 2.39 bits per heavy atom. The standard InChI is InChI=1S/C25H25N5O/c26-18-23-27-16-13-22(29-23)25(14-5-2-6-15-25)30-24(31)28-21-11-9-20(10-12-21)17-19-7-3-1-4-8-19/h1,3-4,7-13,16H,2,5-6,14-15,17H2,(H2,28,30,31). The average Bonchev–Trinajstić information content (AvgIpc) is 2.81. The molecule has 0 bridgehead atoms. The monoisotopic (exact) mass is 411 g/mol. The Morgan fingerprint density at radius 2 is 1.68 bits per heavy atom. The molecule has 1 fully saturated rings. The van der Waals surface area contributed by atoms with Crippen molar-refractivity contribution in [2.45, 2.75) is 44.1 Å². The highest BCUT2D eigenvalue weighted by molar-refractivity contribution is 5.89. The van der Waals surface area contributed by atoms with Crippen LogP contribution in [0.4, 0.5) is 10.5 Å². The molecule has 0 atom stereocenters. The van der Waals surface area contributed by atoms with Gasteiger partial charge in [-0.15, -0.1) is 0 Å². The summed E-state index contributed by atoms with van der Waals surface area (Å²) >= 11 is 0. The molecule has 156 valence electrons. The predicted molar refractivity (Wildman–Crippen MR) is 119 cm³/mol. The molecule has 4 rings (SSSR count). The summed E-state index contributed by atoms with van der Waals surface area (Å²) in [5.74, 6) is 0.124. The molecule has 2 aromatic carbocycles. The number of nitriles is 1. The average molecular weight is 412 g/mol. The molecule has 1 saturated carbocycles. The number of nitrogens with zero attached hydrogens (tertiary/aromatic N) is 3. The van der Waals surface area contributed by atoms with Crippen LogP contribution in [0.25, 0.3) is 0 Å². The summed E-state index contributed by atoms with van der Waals surface area (Å²) < 4.78 is 0. The largest absolute Gasteiger partial charge is 0.327 e. The quantitative estimate of drug-likeness (QED) is 0.623. The zero-order valence-electron chi connectivity index (χ0n) is 17.3. The fourth-order valence-corrected chi connectivity index (χ4v) is 4.20. The van der Waals surface area contributed by atoms with Crippen molar-refractivity contribution in [1.29, 1.82) is 5.26 Å². The number of hydrogen-bond acceptors (Lipinski definition) is 4. The second-order valence-corrected chi connectivity index (χ2v) is 7.96. The minimum Gasteiger partial charge on any atom is -0.327 e. The predicted octanol–water partition coefficient (Wildman–Crippen LogP) is 4.92. The van der Waals surface area contributed by atoms with Crippen LogP contribution in [-0.2, 0) is 12.0 Å². The van der Waals surface area contributed by atoms with Crippen LogP contribution in [0.3, 0.4) is 0 Å². The molecule has 0 aliphatic heterocycles. The van der Waals surface area contributed by atoms with E-state index in [1.165, 1.54) is 11.1 Å². The lowest BCUT2D eigenvalue weighted by molar-refractivity contribution is 0.209. The lowest BCUT2D eigenvalue weighted by atomic mass is 9.79. The first kappa shape index (κ1) is 20.5. The fraction of sp³-hybridized carbons (Fsp3) is 0.280. The van der Waals surface area contributed by atoms with E-state index in [4.69, 9.17) is 5.26 Å². The number of nitrogens with one attached hydrogen (secondary N) is 2. The van der Waals surface area contributed by atoms with Gasteiger partial charge in [0.2, 0.25) is 5.82 Å². The van der Waals surface area contributed by atoms with E-state index in [2.05, 4.69) is 32.7 Å². The molecule has 1 aliphatic rings. The molecular formula is C25H25N5O. The van der Waals surface area contributed by atoms with E-state index in [1.807, 2.05) is 48.5 Å². The molecule has 0 saturated heterocycles. The van der Waals surface area contributed by atoms with Crippen LogP contribution in [0.5, 0.6) is 0 Å². The third kappa shape index (κ3) is 5.07. The highest BCUT2D eigenvalue weighted by Crippen LogP contribution is 2.36. The van der Waals surface area contributed by atoms with Gasteiger partial charge >= 0.3 is 6.03 Å². The number of carbonyl (C=O) groups excluding carboxylic acids is 1. The van der Waals surface area contributed by atoms with Gasteiger partial charge in [0.1, 0.15) is 6.07 Å². The molecule has 0 spiro atoms. The van der Waals surface area contributed by atoms with Gasteiger partial charge in [0, 0.05) is 11.9 Å². The summed E-state index contributed by atoms with van der Waals surface area (Å²) in [6.07, 6.45) is 7.15. The number of hydrogen-bond donors (Lipinski definition) is 2. The maximum absolute atomic E-state index is 12.9. The van der Waals surface area contributed by atoms with Crippen molar-refractivity contribution in [3.8, 4) is 6.07 Å². The molecular weight excluding hydrogens is 386 g/mol. The molecule has 0 radical (unpaired) electrons. The van der Waals surface area contributed by atoms with Crippen LogP contribution in [0, 0.1) is 11.3 Å². The second-order valence-electron chi connectivity index (χ2n) is 7.96. The number of benzene rings is 2. The van der Waals surface area contributed by atoms with Crippen LogP contribution in [0.2, 0.25) is 0 Å². The molecule has 2 N–H and O–H groups in total. The highest BCUT2D eigenvalue weighted by atomic mass is 16.2. The lowest BCUT2D eigenvalue weighted by Gasteiger charge is -2.37. The topological polar surface area (TPSA) is 90.7 Å². The van der Waals surface area contributed by atoms with Crippen molar-refractivity contribution in [2.24, 2.45) is 0 Å². The molecule has 1 aliphatic carbocycles. The van der Waals surface area contributed by atoms with Crippen molar-refractivity contribution in [2.75, 3.05) is 5.32 Å². The number of amides is 2. The zero-order valence-corrected chi connectivity index (χ0v) is 17.3. The van der Waals surface area contributed by atoms with E-state index in [0.29, 0.717) is 5.69 Å². The van der Waals surface area contributed by atoms with Gasteiger partial charge in [0.25, 0.3) is 0 Å². The Kier molecular flexibility index (Phi) is 6.23. The van der Waals surface area contributed by atoms with E-state index >= 15 is 0 Å². The van der Waals surface area contributed by atoms with E-state index < -0.39 is 5.54 Å². The van der Waals surface area contributed by atoms with E-state index in [9.17, 15) is 4.79 Å². The minimum atomic E-state index is -0.579. The fourth-order valence-electron chi connectivity index (χ4n) is 4.20. The normalized spacial score (nSPS) is 14.9. The SMILES string of the molecule is N#Cc1nccc(C2(NC(=O)Nc3ccc(Cc4ccccc4)cc3)CCCCC2)n1. The first-order valence-corrected chi connectivity index (χ1v) is 10.6. The van der Waals surface area contributed by atoms with Crippen LogP contribution >= 0.6 is 0 Å². The van der Waals surface area contributed by atoms with Gasteiger partial charge in [-0.25, -0.2) is 14.8 Å². The molecule has 1 heterocycles. The van der Waals surface area contributed by atoms with Crippen LogP contribution in [0.1, 0.15) is 54.7 Å². The molecule has 6 nitrogen and oxygen atoms in total. The van der Waals surface area contributed by atoms with Crippen LogP contribution < -0.4 is 10.6 Å². The third-order valence-electron chi connectivity index (χ3n) is 5.77. The Hall–Kier alpha value is -3.72. The number of rotatable bonds is 5. The molecule has 31 heavy (non-hydrogen) atoms. The van der Waals surface area contributed by atoms with Gasteiger partial charge in [-0.2, -0.15) is 5.26 Å². The maximum Gasteiger partial charge on any atom is 0.319 e. The summed E-state index contributed by atoms with van der Waals surface area (Å²) in [6, 6.07) is 21.7. The summed E-state index contributed by atoms with van der Waals surface area (Å²) in [6.45, 7) is 0. The lowest BCUT2D eigenvalue weighted by Crippen LogP contribution is -2.49. The molecule has 3 aromatic rings. The molecule has 0 unspecified atom stereocenters. The van der Waals surface area contributed by atoms with Crippen LogP contribution in [-0.4, -0.2) is 16.0 Å². The van der Waals surface area contributed by atoms with Gasteiger partial charge in [0.15, 0.2) is 0 Å². The van der Waals surface area contributed by atoms with Crippen molar-refractivity contribution < 1.29 is 4.79 Å². The Balaban J connectivity index is 1.45.